The molecule has 1 aliphatic heterocycles. The topological polar surface area (TPSA) is 32.7 Å². The van der Waals surface area contributed by atoms with Gasteiger partial charge in [-0.25, -0.2) is 5.01 Å². The predicted molar refractivity (Wildman–Crippen MR) is 99.3 cm³/mol. The minimum atomic E-state index is 0.0970. The predicted octanol–water partition coefficient (Wildman–Crippen LogP) is 4.74. The lowest BCUT2D eigenvalue weighted by atomic mass is 10.0. The van der Waals surface area contributed by atoms with Gasteiger partial charge in [0.1, 0.15) is 0 Å². The summed E-state index contributed by atoms with van der Waals surface area (Å²) in [5.41, 5.74) is 4.49. The van der Waals surface area contributed by atoms with Gasteiger partial charge in [-0.1, -0.05) is 48.0 Å². The van der Waals surface area contributed by atoms with Gasteiger partial charge in [0.2, 0.25) is 5.91 Å². The number of aryl methyl sites for hydroxylation is 1. The van der Waals surface area contributed by atoms with E-state index in [2.05, 4.69) is 53.8 Å². The van der Waals surface area contributed by atoms with E-state index in [1.54, 1.807) is 16.3 Å². The molecule has 0 N–H and O–H groups in total. The molecule has 0 atom stereocenters. The van der Waals surface area contributed by atoms with Gasteiger partial charge in [-0.3, -0.25) is 4.79 Å². The van der Waals surface area contributed by atoms with E-state index in [4.69, 9.17) is 0 Å². The van der Waals surface area contributed by atoms with Crippen LogP contribution in [0.3, 0.4) is 0 Å². The Morgan fingerprint density at radius 3 is 2.88 bits per heavy atom. The Morgan fingerprint density at radius 1 is 1.12 bits per heavy atom. The maximum absolute atomic E-state index is 12.3. The van der Waals surface area contributed by atoms with Crippen molar-refractivity contribution in [1.29, 1.82) is 0 Å². The number of hydrogen-bond acceptors (Lipinski definition) is 3. The van der Waals surface area contributed by atoms with Gasteiger partial charge >= 0.3 is 0 Å². The first-order chi connectivity index (χ1) is 11.7. The van der Waals surface area contributed by atoms with Crippen LogP contribution in [0, 0.1) is 6.92 Å². The standard InChI is InChI=1S/C20H18N2OS/c1-14-5-4-6-15(11-14)12-22-20(23)10-9-18(21-22)17-13-24-19-8-3-2-7-16(17)19/h2-8,11,13H,9-10,12H2,1H3. The largest absolute Gasteiger partial charge is 0.273 e. The van der Waals surface area contributed by atoms with E-state index in [1.807, 2.05) is 12.1 Å². The number of hydrogen-bond donors (Lipinski definition) is 0. The molecule has 1 aromatic heterocycles. The third kappa shape index (κ3) is 2.85. The van der Waals surface area contributed by atoms with Gasteiger partial charge in [0.15, 0.2) is 0 Å². The van der Waals surface area contributed by atoms with Gasteiger partial charge in [-0.15, -0.1) is 11.3 Å². The van der Waals surface area contributed by atoms with Gasteiger partial charge in [0.05, 0.1) is 12.3 Å². The summed E-state index contributed by atoms with van der Waals surface area (Å²) in [5.74, 6) is 0.0970. The number of fused-ring (bicyclic) bond motifs is 1. The lowest BCUT2D eigenvalue weighted by molar-refractivity contribution is -0.132. The smallest absolute Gasteiger partial charge is 0.243 e. The number of hydrazone groups is 1. The van der Waals surface area contributed by atoms with Crippen LogP contribution >= 0.6 is 11.3 Å². The molecule has 1 aliphatic rings. The minimum Gasteiger partial charge on any atom is -0.273 e. The van der Waals surface area contributed by atoms with E-state index in [1.165, 1.54) is 15.6 Å². The van der Waals surface area contributed by atoms with Gasteiger partial charge in [0, 0.05) is 33.9 Å². The summed E-state index contributed by atoms with van der Waals surface area (Å²) >= 11 is 1.73. The molecule has 0 bridgehead atoms. The molecule has 2 aromatic carbocycles. The third-order valence-electron chi connectivity index (χ3n) is 4.31. The van der Waals surface area contributed by atoms with Crippen molar-refractivity contribution in [3.8, 4) is 0 Å². The molecule has 0 fully saturated rings. The summed E-state index contributed by atoms with van der Waals surface area (Å²) in [7, 11) is 0. The fourth-order valence-electron chi connectivity index (χ4n) is 3.10. The minimum absolute atomic E-state index is 0.0970. The van der Waals surface area contributed by atoms with Crippen molar-refractivity contribution in [3.05, 3.63) is 70.6 Å². The monoisotopic (exact) mass is 334 g/mol. The normalized spacial score (nSPS) is 15.0. The molecule has 0 aliphatic carbocycles. The molecule has 120 valence electrons. The molecule has 2 heterocycles. The fraction of sp³-hybridized carbons (Fsp3) is 0.200. The number of carbonyl (C=O) groups is 1. The SMILES string of the molecule is Cc1cccc(CN2N=C(c3csc4ccccc34)CCC2=O)c1. The van der Waals surface area contributed by atoms with Crippen molar-refractivity contribution in [1.82, 2.24) is 5.01 Å². The molecule has 3 aromatic rings. The molecule has 4 heteroatoms. The number of carbonyl (C=O) groups excluding carboxylic acids is 1. The van der Waals surface area contributed by atoms with Crippen molar-refractivity contribution < 1.29 is 4.79 Å². The Bertz CT molecular complexity index is 941. The zero-order valence-electron chi connectivity index (χ0n) is 13.5. The second-order valence-electron chi connectivity index (χ2n) is 6.13. The Hall–Kier alpha value is -2.46. The van der Waals surface area contributed by atoms with Crippen molar-refractivity contribution in [2.75, 3.05) is 0 Å². The first kappa shape index (κ1) is 15.1. The molecule has 3 nitrogen and oxygen atoms in total. The third-order valence-corrected chi connectivity index (χ3v) is 5.28. The zero-order chi connectivity index (χ0) is 16.5. The summed E-state index contributed by atoms with van der Waals surface area (Å²) < 4.78 is 1.26. The molecule has 0 radical (unpaired) electrons. The van der Waals surface area contributed by atoms with Gasteiger partial charge in [0.25, 0.3) is 0 Å². The Morgan fingerprint density at radius 2 is 2.00 bits per heavy atom. The summed E-state index contributed by atoms with van der Waals surface area (Å²) in [6.07, 6.45) is 1.23. The van der Waals surface area contributed by atoms with Crippen molar-refractivity contribution >= 4 is 33.0 Å². The first-order valence-electron chi connectivity index (χ1n) is 8.11. The summed E-state index contributed by atoms with van der Waals surface area (Å²) in [4.78, 5) is 12.3. The molecule has 0 saturated carbocycles. The van der Waals surface area contributed by atoms with Crippen molar-refractivity contribution in [2.45, 2.75) is 26.3 Å². The number of thiophene rings is 1. The Balaban J connectivity index is 1.68. The lowest BCUT2D eigenvalue weighted by Crippen LogP contribution is -2.31. The lowest BCUT2D eigenvalue weighted by Gasteiger charge is -2.23. The average molecular weight is 334 g/mol. The second kappa shape index (κ2) is 6.21. The van der Waals surface area contributed by atoms with Crippen LogP contribution in [0.25, 0.3) is 10.1 Å². The van der Waals surface area contributed by atoms with Crippen LogP contribution in [0.5, 0.6) is 0 Å². The highest BCUT2D eigenvalue weighted by molar-refractivity contribution is 7.17. The highest BCUT2D eigenvalue weighted by Gasteiger charge is 2.23. The fourth-order valence-corrected chi connectivity index (χ4v) is 4.07. The van der Waals surface area contributed by atoms with E-state index < -0.39 is 0 Å². The molecule has 0 saturated heterocycles. The number of benzene rings is 2. The summed E-state index contributed by atoms with van der Waals surface area (Å²) in [6.45, 7) is 2.60. The molecule has 4 rings (SSSR count). The molecular weight excluding hydrogens is 316 g/mol. The zero-order valence-corrected chi connectivity index (χ0v) is 14.3. The Labute approximate surface area is 145 Å². The van der Waals surface area contributed by atoms with Crippen LogP contribution in [0.2, 0.25) is 0 Å². The first-order valence-corrected chi connectivity index (χ1v) is 8.99. The summed E-state index contributed by atoms with van der Waals surface area (Å²) in [5, 5.41) is 9.70. The highest BCUT2D eigenvalue weighted by atomic mass is 32.1. The van der Waals surface area contributed by atoms with Crippen LogP contribution in [0.1, 0.15) is 29.5 Å². The van der Waals surface area contributed by atoms with Crippen LogP contribution in [0.15, 0.2) is 59.0 Å². The van der Waals surface area contributed by atoms with Crippen molar-refractivity contribution in [2.24, 2.45) is 5.10 Å². The van der Waals surface area contributed by atoms with Crippen LogP contribution in [-0.2, 0) is 11.3 Å². The van der Waals surface area contributed by atoms with Crippen LogP contribution in [-0.4, -0.2) is 16.6 Å². The van der Waals surface area contributed by atoms with E-state index >= 15 is 0 Å². The van der Waals surface area contributed by atoms with Crippen LogP contribution in [0.4, 0.5) is 0 Å². The number of nitrogens with zero attached hydrogens (tertiary/aromatic N) is 2. The van der Waals surface area contributed by atoms with Crippen molar-refractivity contribution in [3.63, 3.8) is 0 Å². The van der Waals surface area contributed by atoms with E-state index in [0.717, 1.165) is 16.8 Å². The Kier molecular flexibility index (Phi) is 3.90. The molecule has 24 heavy (non-hydrogen) atoms. The quantitative estimate of drug-likeness (QED) is 0.681. The maximum Gasteiger partial charge on any atom is 0.243 e. The van der Waals surface area contributed by atoms with Gasteiger partial charge in [-0.2, -0.15) is 5.10 Å². The number of amides is 1. The highest BCUT2D eigenvalue weighted by Crippen LogP contribution is 2.29. The average Bonchev–Trinajstić information content (AvgIpc) is 3.01. The van der Waals surface area contributed by atoms with Crippen LogP contribution < -0.4 is 0 Å². The summed E-state index contributed by atoms with van der Waals surface area (Å²) in [6, 6.07) is 16.6. The van der Waals surface area contributed by atoms with Gasteiger partial charge < -0.3 is 0 Å². The molecule has 1 amide bonds. The van der Waals surface area contributed by atoms with E-state index in [0.29, 0.717) is 19.4 Å². The molecular formula is C20H18N2OS. The van der Waals surface area contributed by atoms with Gasteiger partial charge in [-0.05, 0) is 18.6 Å². The van der Waals surface area contributed by atoms with E-state index in [-0.39, 0.29) is 5.91 Å². The van der Waals surface area contributed by atoms with E-state index in [9.17, 15) is 4.79 Å². The second-order valence-corrected chi connectivity index (χ2v) is 7.04. The number of rotatable bonds is 3. The molecule has 0 unspecified atom stereocenters. The maximum atomic E-state index is 12.3. The molecule has 0 spiro atoms.